The molecule has 5 nitrogen and oxygen atoms in total. The van der Waals surface area contributed by atoms with Crippen molar-refractivity contribution in [2.24, 2.45) is 5.73 Å². The molecule has 1 amide bonds. The van der Waals surface area contributed by atoms with Gasteiger partial charge in [0.05, 0.1) is 11.6 Å². The van der Waals surface area contributed by atoms with E-state index in [9.17, 15) is 4.79 Å². The van der Waals surface area contributed by atoms with Crippen LogP contribution in [0.3, 0.4) is 0 Å². The summed E-state index contributed by atoms with van der Waals surface area (Å²) in [4.78, 5) is 10.9. The Morgan fingerprint density at radius 2 is 1.81 bits per heavy atom. The average molecular weight is 407 g/mol. The van der Waals surface area contributed by atoms with E-state index < -0.39 is 5.91 Å². The molecule has 7 heteroatoms. The summed E-state index contributed by atoms with van der Waals surface area (Å²) < 4.78 is 11.0. The first kappa shape index (κ1) is 24.8. The van der Waals surface area contributed by atoms with Gasteiger partial charge in [0, 0.05) is 6.54 Å². The quantitative estimate of drug-likeness (QED) is 0.446. The van der Waals surface area contributed by atoms with E-state index in [4.69, 9.17) is 26.8 Å². The highest BCUT2D eigenvalue weighted by atomic mass is 35.5. The molecular weight excluding hydrogens is 375 g/mol. The van der Waals surface area contributed by atoms with Gasteiger partial charge in [-0.15, -0.1) is 12.4 Å². The van der Waals surface area contributed by atoms with Crippen molar-refractivity contribution in [3.63, 3.8) is 0 Å². The number of nitrogens with two attached hydrogens (primary N) is 1. The number of hydrogen-bond donors (Lipinski definition) is 2. The minimum absolute atomic E-state index is 0. The van der Waals surface area contributed by atoms with E-state index in [1.54, 1.807) is 0 Å². The Hall–Kier alpha value is -1.17. The number of ether oxygens (including phenoxy) is 2. The second kappa shape index (κ2) is 14.9. The zero-order valence-corrected chi connectivity index (χ0v) is 17.4. The Morgan fingerprint density at radius 1 is 1.12 bits per heavy atom. The predicted octanol–water partition coefficient (Wildman–Crippen LogP) is 4.47. The number of carbonyl (C=O) groups is 1. The van der Waals surface area contributed by atoms with Gasteiger partial charge >= 0.3 is 0 Å². The van der Waals surface area contributed by atoms with Crippen molar-refractivity contribution >= 4 is 29.9 Å². The van der Waals surface area contributed by atoms with Gasteiger partial charge in [0.25, 0.3) is 5.91 Å². The Labute approximate surface area is 168 Å². The first-order valence-corrected chi connectivity index (χ1v) is 9.53. The van der Waals surface area contributed by atoms with Gasteiger partial charge in [-0.3, -0.25) is 4.79 Å². The number of primary amides is 1. The Morgan fingerprint density at radius 3 is 2.46 bits per heavy atom. The van der Waals surface area contributed by atoms with Crippen molar-refractivity contribution < 1.29 is 14.3 Å². The normalized spacial score (nSPS) is 10.3. The highest BCUT2D eigenvalue weighted by molar-refractivity contribution is 6.32. The second-order valence-electron chi connectivity index (χ2n) is 6.04. The molecule has 0 aliphatic heterocycles. The second-order valence-corrected chi connectivity index (χ2v) is 6.44. The van der Waals surface area contributed by atoms with E-state index in [1.165, 1.54) is 38.5 Å². The number of nitrogens with one attached hydrogen (secondary N) is 1. The number of unbranched alkanes of at least 4 members (excludes halogenated alkanes) is 5. The van der Waals surface area contributed by atoms with Crippen molar-refractivity contribution in [3.05, 3.63) is 22.7 Å². The molecular formula is C19H32Cl2N2O3. The zero-order valence-electron chi connectivity index (χ0n) is 15.8. The van der Waals surface area contributed by atoms with E-state index >= 15 is 0 Å². The molecule has 3 N–H and O–H groups in total. The first-order chi connectivity index (χ1) is 12.1. The lowest BCUT2D eigenvalue weighted by Gasteiger charge is -2.15. The number of halogens is 2. The summed E-state index contributed by atoms with van der Waals surface area (Å²) in [6.07, 6.45) is 7.68. The van der Waals surface area contributed by atoms with Crippen LogP contribution < -0.4 is 20.5 Å². The fraction of sp³-hybridized carbons (Fsp3) is 0.632. The Kier molecular flexibility index (Phi) is 14.3. The summed E-state index contributed by atoms with van der Waals surface area (Å²) in [6, 6.07) is 3.72. The van der Waals surface area contributed by atoms with E-state index in [0.717, 1.165) is 12.1 Å². The zero-order chi connectivity index (χ0) is 18.5. The van der Waals surface area contributed by atoms with Crippen LogP contribution in [-0.4, -0.2) is 25.7 Å². The van der Waals surface area contributed by atoms with Crippen molar-refractivity contribution in [2.45, 2.75) is 58.9 Å². The number of rotatable bonds is 14. The maximum atomic E-state index is 10.9. The molecule has 0 unspecified atom stereocenters. The van der Waals surface area contributed by atoms with E-state index in [-0.39, 0.29) is 19.0 Å². The molecule has 0 saturated heterocycles. The van der Waals surface area contributed by atoms with Crippen molar-refractivity contribution in [2.75, 3.05) is 19.8 Å². The number of amides is 1. The molecule has 26 heavy (non-hydrogen) atoms. The van der Waals surface area contributed by atoms with Crippen LogP contribution in [0.5, 0.6) is 11.5 Å². The number of carbonyl (C=O) groups excluding carboxylic acids is 1. The fourth-order valence-corrected chi connectivity index (χ4v) is 2.82. The van der Waals surface area contributed by atoms with Crippen molar-refractivity contribution in [1.29, 1.82) is 0 Å². The van der Waals surface area contributed by atoms with Crippen LogP contribution in [0.15, 0.2) is 12.1 Å². The van der Waals surface area contributed by atoms with E-state index in [1.807, 2.05) is 19.1 Å². The SMILES string of the molecule is CCCCCCCCNCc1cc(Cl)c(OCC(N)=O)c(OCC)c1.Cl. The topological polar surface area (TPSA) is 73.6 Å². The molecule has 1 rings (SSSR count). The maximum absolute atomic E-state index is 10.9. The lowest BCUT2D eigenvalue weighted by atomic mass is 10.1. The number of hydrogen-bond acceptors (Lipinski definition) is 4. The lowest BCUT2D eigenvalue weighted by molar-refractivity contribution is -0.119. The molecule has 0 radical (unpaired) electrons. The molecule has 0 heterocycles. The summed E-state index contributed by atoms with van der Waals surface area (Å²) in [7, 11) is 0. The van der Waals surface area contributed by atoms with Crippen LogP contribution in [0.25, 0.3) is 0 Å². The Balaban J connectivity index is 0.00000625. The van der Waals surface area contributed by atoms with Gasteiger partial charge in [-0.1, -0.05) is 50.6 Å². The molecule has 0 atom stereocenters. The van der Waals surface area contributed by atoms with Gasteiger partial charge in [0.2, 0.25) is 0 Å². The highest BCUT2D eigenvalue weighted by Crippen LogP contribution is 2.36. The molecule has 0 saturated carbocycles. The molecule has 0 aliphatic carbocycles. The predicted molar refractivity (Wildman–Crippen MR) is 110 cm³/mol. The van der Waals surface area contributed by atoms with Crippen molar-refractivity contribution in [1.82, 2.24) is 5.32 Å². The minimum atomic E-state index is -0.553. The summed E-state index contributed by atoms with van der Waals surface area (Å²) in [5.74, 6) is 0.345. The maximum Gasteiger partial charge on any atom is 0.255 e. The fourth-order valence-electron chi connectivity index (χ4n) is 2.53. The van der Waals surface area contributed by atoms with Gasteiger partial charge in [0.15, 0.2) is 18.1 Å². The number of benzene rings is 1. The van der Waals surface area contributed by atoms with E-state index in [0.29, 0.717) is 29.7 Å². The van der Waals surface area contributed by atoms with Crippen LogP contribution in [0.4, 0.5) is 0 Å². The van der Waals surface area contributed by atoms with Gasteiger partial charge in [-0.05, 0) is 37.6 Å². The first-order valence-electron chi connectivity index (χ1n) is 9.15. The van der Waals surface area contributed by atoms with Crippen LogP contribution in [-0.2, 0) is 11.3 Å². The van der Waals surface area contributed by atoms with Gasteiger partial charge in [-0.25, -0.2) is 0 Å². The summed E-state index contributed by atoms with van der Waals surface area (Å²) in [5, 5.41) is 3.85. The van der Waals surface area contributed by atoms with Crippen LogP contribution in [0.1, 0.15) is 57.9 Å². The molecule has 150 valence electrons. The summed E-state index contributed by atoms with van der Waals surface area (Å²) >= 11 is 6.28. The molecule has 0 bridgehead atoms. The summed E-state index contributed by atoms with van der Waals surface area (Å²) in [5.41, 5.74) is 6.14. The molecule has 1 aromatic rings. The highest BCUT2D eigenvalue weighted by Gasteiger charge is 2.13. The third-order valence-electron chi connectivity index (χ3n) is 3.76. The standard InChI is InChI=1S/C19H31ClN2O3.ClH/c1-3-5-6-7-8-9-10-22-13-15-11-16(20)19(25-14-18(21)23)17(12-15)24-4-2;/h11-12,22H,3-10,13-14H2,1-2H3,(H2,21,23);1H. The smallest absolute Gasteiger partial charge is 0.255 e. The Bertz CT molecular complexity index is 528. The van der Waals surface area contributed by atoms with Gasteiger partial charge in [-0.2, -0.15) is 0 Å². The summed E-state index contributed by atoms with van der Waals surface area (Å²) in [6.45, 7) is 6.06. The molecule has 0 spiro atoms. The third kappa shape index (κ3) is 10.1. The van der Waals surface area contributed by atoms with Crippen LogP contribution in [0, 0.1) is 0 Å². The van der Waals surface area contributed by atoms with Gasteiger partial charge < -0.3 is 20.5 Å². The van der Waals surface area contributed by atoms with Gasteiger partial charge in [0.1, 0.15) is 0 Å². The van der Waals surface area contributed by atoms with E-state index in [2.05, 4.69) is 12.2 Å². The minimum Gasteiger partial charge on any atom is -0.490 e. The largest absolute Gasteiger partial charge is 0.490 e. The molecule has 0 aromatic heterocycles. The monoisotopic (exact) mass is 406 g/mol. The third-order valence-corrected chi connectivity index (χ3v) is 4.04. The lowest BCUT2D eigenvalue weighted by Crippen LogP contribution is -2.20. The molecule has 0 fully saturated rings. The van der Waals surface area contributed by atoms with Crippen LogP contribution >= 0.6 is 24.0 Å². The molecule has 0 aliphatic rings. The molecule has 1 aromatic carbocycles. The average Bonchev–Trinajstić information content (AvgIpc) is 2.56. The van der Waals surface area contributed by atoms with Crippen molar-refractivity contribution in [3.8, 4) is 11.5 Å². The van der Waals surface area contributed by atoms with Crippen LogP contribution in [0.2, 0.25) is 5.02 Å².